The van der Waals surface area contributed by atoms with Gasteiger partial charge in [-0.05, 0) is 57.1 Å². The molecular weight excluding hydrogens is 450 g/mol. The minimum absolute atomic E-state index is 0.190. The number of likely N-dealkylation sites (N-methyl/N-ethyl adjacent to an activating group) is 1. The molecule has 1 aliphatic heterocycles. The topological polar surface area (TPSA) is 82.3 Å². The molecule has 0 radical (unpaired) electrons. The number of aliphatic hydroxyl groups excluding tert-OH is 1. The SMILES string of the molecule is CN1CCN(Cc2ccc(-c3nn([C@H]4CC[C@H](O)CC4)c4nc(NCC5CCC5)ncc34)cc2)CC1. The number of fused-ring (bicyclic) bond motifs is 1. The van der Waals surface area contributed by atoms with Crippen molar-refractivity contribution >= 4 is 17.0 Å². The first-order chi connectivity index (χ1) is 17.6. The molecule has 6 rings (SSSR count). The number of piperazine rings is 1. The molecule has 3 heterocycles. The summed E-state index contributed by atoms with van der Waals surface area (Å²) in [6, 6.07) is 9.14. The van der Waals surface area contributed by atoms with Gasteiger partial charge in [0.05, 0.1) is 17.5 Å². The quantitative estimate of drug-likeness (QED) is 0.520. The highest BCUT2D eigenvalue weighted by atomic mass is 16.3. The van der Waals surface area contributed by atoms with E-state index < -0.39 is 0 Å². The summed E-state index contributed by atoms with van der Waals surface area (Å²) in [5.74, 6) is 1.44. The van der Waals surface area contributed by atoms with Crippen molar-refractivity contribution in [3.05, 3.63) is 36.0 Å². The molecule has 0 spiro atoms. The summed E-state index contributed by atoms with van der Waals surface area (Å²) in [7, 11) is 2.20. The van der Waals surface area contributed by atoms with Crippen molar-refractivity contribution in [2.24, 2.45) is 5.92 Å². The van der Waals surface area contributed by atoms with E-state index in [1.807, 2.05) is 6.20 Å². The van der Waals surface area contributed by atoms with Crippen LogP contribution in [0.25, 0.3) is 22.3 Å². The lowest BCUT2D eigenvalue weighted by Gasteiger charge is -2.32. The van der Waals surface area contributed by atoms with Gasteiger partial charge < -0.3 is 15.3 Å². The Kier molecular flexibility index (Phi) is 6.91. The van der Waals surface area contributed by atoms with E-state index in [2.05, 4.69) is 56.1 Å². The summed E-state index contributed by atoms with van der Waals surface area (Å²) in [5.41, 5.74) is 4.30. The number of nitrogens with one attached hydrogen (secondary N) is 1. The molecule has 0 unspecified atom stereocenters. The molecule has 2 aliphatic carbocycles. The summed E-state index contributed by atoms with van der Waals surface area (Å²) in [6.07, 6.45) is 9.18. The van der Waals surface area contributed by atoms with Crippen LogP contribution < -0.4 is 5.32 Å². The number of anilines is 1. The first-order valence-corrected chi connectivity index (χ1v) is 13.8. The third-order valence-corrected chi connectivity index (χ3v) is 8.46. The molecular formula is C28H39N7O. The van der Waals surface area contributed by atoms with Crippen LogP contribution in [0.1, 0.15) is 56.6 Å². The van der Waals surface area contributed by atoms with Gasteiger partial charge in [-0.2, -0.15) is 10.1 Å². The van der Waals surface area contributed by atoms with E-state index >= 15 is 0 Å². The minimum Gasteiger partial charge on any atom is -0.393 e. The lowest BCUT2D eigenvalue weighted by Crippen LogP contribution is -2.43. The maximum absolute atomic E-state index is 10.1. The summed E-state index contributed by atoms with van der Waals surface area (Å²) >= 11 is 0. The molecule has 2 saturated carbocycles. The van der Waals surface area contributed by atoms with Gasteiger partial charge >= 0.3 is 0 Å². The first-order valence-electron chi connectivity index (χ1n) is 13.8. The molecule has 1 aromatic carbocycles. The Hall–Kier alpha value is -2.55. The third kappa shape index (κ3) is 5.12. The van der Waals surface area contributed by atoms with Gasteiger partial charge in [-0.15, -0.1) is 0 Å². The van der Waals surface area contributed by atoms with E-state index in [0.717, 1.165) is 93.2 Å². The van der Waals surface area contributed by atoms with E-state index in [4.69, 9.17) is 10.1 Å². The minimum atomic E-state index is -0.190. The molecule has 0 bridgehead atoms. The molecule has 3 fully saturated rings. The molecule has 3 aromatic rings. The van der Waals surface area contributed by atoms with Gasteiger partial charge in [-0.3, -0.25) is 4.90 Å². The molecule has 36 heavy (non-hydrogen) atoms. The van der Waals surface area contributed by atoms with Crippen LogP contribution in [-0.2, 0) is 6.54 Å². The number of rotatable bonds is 7. The summed E-state index contributed by atoms with van der Waals surface area (Å²) in [5, 5.41) is 19.6. The Morgan fingerprint density at radius 3 is 2.42 bits per heavy atom. The molecule has 1 saturated heterocycles. The van der Waals surface area contributed by atoms with Gasteiger partial charge in [-0.25, -0.2) is 9.67 Å². The fourth-order valence-corrected chi connectivity index (χ4v) is 5.74. The second kappa shape index (κ2) is 10.4. The molecule has 3 aliphatic rings. The van der Waals surface area contributed by atoms with Gasteiger partial charge in [-0.1, -0.05) is 30.7 Å². The fourth-order valence-electron chi connectivity index (χ4n) is 5.74. The van der Waals surface area contributed by atoms with Crippen molar-refractivity contribution in [1.82, 2.24) is 29.5 Å². The van der Waals surface area contributed by atoms with Crippen molar-refractivity contribution < 1.29 is 5.11 Å². The molecule has 8 nitrogen and oxygen atoms in total. The average molecular weight is 490 g/mol. The lowest BCUT2D eigenvalue weighted by atomic mass is 9.85. The highest BCUT2D eigenvalue weighted by molar-refractivity contribution is 5.91. The zero-order valence-corrected chi connectivity index (χ0v) is 21.4. The molecule has 2 aromatic heterocycles. The van der Waals surface area contributed by atoms with Gasteiger partial charge in [0, 0.05) is 51.0 Å². The number of hydrogen-bond donors (Lipinski definition) is 2. The van der Waals surface area contributed by atoms with Crippen LogP contribution in [0.15, 0.2) is 30.5 Å². The number of nitrogens with zero attached hydrogens (tertiary/aromatic N) is 6. The second-order valence-corrected chi connectivity index (χ2v) is 11.1. The Labute approximate surface area is 213 Å². The average Bonchev–Trinajstić information content (AvgIpc) is 3.24. The van der Waals surface area contributed by atoms with Crippen LogP contribution in [0.3, 0.4) is 0 Å². The Morgan fingerprint density at radius 2 is 1.72 bits per heavy atom. The van der Waals surface area contributed by atoms with Gasteiger partial charge in [0.2, 0.25) is 5.95 Å². The van der Waals surface area contributed by atoms with Gasteiger partial charge in [0.1, 0.15) is 5.69 Å². The number of benzene rings is 1. The van der Waals surface area contributed by atoms with Crippen LogP contribution in [-0.4, -0.2) is 80.5 Å². The zero-order valence-electron chi connectivity index (χ0n) is 21.4. The van der Waals surface area contributed by atoms with E-state index in [1.165, 1.54) is 24.8 Å². The third-order valence-electron chi connectivity index (χ3n) is 8.46. The van der Waals surface area contributed by atoms with Crippen molar-refractivity contribution in [2.75, 3.05) is 45.1 Å². The summed E-state index contributed by atoms with van der Waals surface area (Å²) < 4.78 is 2.12. The van der Waals surface area contributed by atoms with Crippen LogP contribution >= 0.6 is 0 Å². The van der Waals surface area contributed by atoms with Crippen molar-refractivity contribution in [1.29, 1.82) is 0 Å². The molecule has 0 amide bonds. The lowest BCUT2D eigenvalue weighted by molar-refractivity contribution is 0.109. The molecule has 2 N–H and O–H groups in total. The number of aliphatic hydroxyl groups is 1. The Bertz CT molecular complexity index is 1160. The highest BCUT2D eigenvalue weighted by Gasteiger charge is 2.26. The Balaban J connectivity index is 1.26. The van der Waals surface area contributed by atoms with Crippen LogP contribution in [0.4, 0.5) is 5.95 Å². The van der Waals surface area contributed by atoms with Crippen molar-refractivity contribution in [3.8, 4) is 11.3 Å². The monoisotopic (exact) mass is 489 g/mol. The molecule has 0 atom stereocenters. The molecule has 8 heteroatoms. The summed E-state index contributed by atoms with van der Waals surface area (Å²) in [6.45, 7) is 6.45. The number of aromatic nitrogens is 4. The maximum Gasteiger partial charge on any atom is 0.224 e. The molecule has 192 valence electrons. The van der Waals surface area contributed by atoms with E-state index in [9.17, 15) is 5.11 Å². The van der Waals surface area contributed by atoms with Crippen LogP contribution in [0.5, 0.6) is 0 Å². The van der Waals surface area contributed by atoms with Crippen LogP contribution in [0.2, 0.25) is 0 Å². The number of hydrogen-bond acceptors (Lipinski definition) is 7. The summed E-state index contributed by atoms with van der Waals surface area (Å²) in [4.78, 5) is 14.5. The largest absolute Gasteiger partial charge is 0.393 e. The van der Waals surface area contributed by atoms with Gasteiger partial charge in [0.25, 0.3) is 0 Å². The zero-order chi connectivity index (χ0) is 24.5. The first kappa shape index (κ1) is 23.8. The predicted molar refractivity (Wildman–Crippen MR) is 143 cm³/mol. The predicted octanol–water partition coefficient (Wildman–Crippen LogP) is 3.93. The van der Waals surface area contributed by atoms with E-state index in [0.29, 0.717) is 5.95 Å². The standard InChI is InChI=1S/C28H39N7O/c1-33-13-15-34(16-14-33)19-21-5-7-22(8-6-21)26-25-18-30-28(29-17-20-3-2-4-20)31-27(25)35(32-26)23-9-11-24(36)12-10-23/h5-8,18,20,23-24,36H,2-4,9-17,19H2,1H3,(H,29,30,31)/t23-,24-. The maximum atomic E-state index is 10.1. The van der Waals surface area contributed by atoms with Crippen molar-refractivity contribution in [3.63, 3.8) is 0 Å². The fraction of sp³-hybridized carbons (Fsp3) is 0.607. The van der Waals surface area contributed by atoms with Crippen LogP contribution in [0, 0.1) is 5.92 Å². The highest BCUT2D eigenvalue weighted by Crippen LogP contribution is 2.35. The van der Waals surface area contributed by atoms with E-state index in [1.54, 1.807) is 0 Å². The van der Waals surface area contributed by atoms with Gasteiger partial charge in [0.15, 0.2) is 5.65 Å². The van der Waals surface area contributed by atoms with Crippen molar-refractivity contribution in [2.45, 2.75) is 63.6 Å². The second-order valence-electron chi connectivity index (χ2n) is 11.1. The smallest absolute Gasteiger partial charge is 0.224 e. The normalized spacial score (nSPS) is 24.2. The van der Waals surface area contributed by atoms with E-state index in [-0.39, 0.29) is 12.1 Å². The Morgan fingerprint density at radius 1 is 0.972 bits per heavy atom.